The second-order valence-corrected chi connectivity index (χ2v) is 5.70. The van der Waals surface area contributed by atoms with Crippen molar-refractivity contribution < 1.29 is 9.69 Å². The first-order chi connectivity index (χ1) is 8.63. The van der Waals surface area contributed by atoms with Gasteiger partial charge in [0, 0.05) is 4.47 Å². The van der Waals surface area contributed by atoms with Gasteiger partial charge in [-0.2, -0.15) is 0 Å². The van der Waals surface area contributed by atoms with Gasteiger partial charge in [0.15, 0.2) is 0 Å². The van der Waals surface area contributed by atoms with Crippen LogP contribution in [0.15, 0.2) is 28.7 Å². The van der Waals surface area contributed by atoms with Crippen LogP contribution in [0, 0.1) is 0 Å². The van der Waals surface area contributed by atoms with Gasteiger partial charge in [-0.25, -0.2) is 5.01 Å². The van der Waals surface area contributed by atoms with Crippen molar-refractivity contribution in [3.8, 4) is 0 Å². The number of nitrogens with zero attached hydrogens (tertiary/aromatic N) is 1. The Labute approximate surface area is 116 Å². The lowest BCUT2D eigenvalue weighted by atomic mass is 10.1. The Balaban J connectivity index is 1.80. The molecular formula is C13H19BrN3O+. The topological polar surface area (TPSA) is 36.8 Å². The molecule has 1 aromatic carbocycles. The molecule has 0 saturated carbocycles. The smallest absolute Gasteiger partial charge is 0.238 e. The zero-order chi connectivity index (χ0) is 13.0. The van der Waals surface area contributed by atoms with Crippen LogP contribution in [-0.4, -0.2) is 44.1 Å². The summed E-state index contributed by atoms with van der Waals surface area (Å²) in [5.74, 6) is 0.0666. The lowest BCUT2D eigenvalue weighted by molar-refractivity contribution is -0.884. The average molecular weight is 313 g/mol. The van der Waals surface area contributed by atoms with Crippen LogP contribution in [0.25, 0.3) is 0 Å². The summed E-state index contributed by atoms with van der Waals surface area (Å²) in [7, 11) is 2.18. The first-order valence-corrected chi connectivity index (χ1v) is 7.03. The van der Waals surface area contributed by atoms with Crippen LogP contribution in [0.1, 0.15) is 5.56 Å². The molecule has 1 heterocycles. The Morgan fingerprint density at radius 1 is 1.33 bits per heavy atom. The van der Waals surface area contributed by atoms with Gasteiger partial charge in [-0.3, -0.25) is 10.2 Å². The van der Waals surface area contributed by atoms with E-state index in [0.29, 0.717) is 6.42 Å². The Morgan fingerprint density at radius 2 is 1.94 bits per heavy atom. The highest BCUT2D eigenvalue weighted by molar-refractivity contribution is 9.10. The molecule has 1 saturated heterocycles. The van der Waals surface area contributed by atoms with Gasteiger partial charge < -0.3 is 4.90 Å². The van der Waals surface area contributed by atoms with E-state index in [-0.39, 0.29) is 5.91 Å². The molecule has 0 radical (unpaired) electrons. The summed E-state index contributed by atoms with van der Waals surface area (Å²) in [6.45, 7) is 4.02. The second-order valence-electron chi connectivity index (χ2n) is 4.78. The minimum Gasteiger partial charge on any atom is -0.335 e. The standard InChI is InChI=1S/C13H18BrN3O/c1-16-6-8-17(9-7-16)15-13(18)10-11-2-4-12(14)5-3-11/h2-5H,6-10H2,1H3,(H,15,18)/p+1. The normalized spacial score (nSPS) is 17.7. The minimum absolute atomic E-state index is 0.0666. The Bertz CT molecular complexity index is 399. The highest BCUT2D eigenvalue weighted by Gasteiger charge is 2.18. The van der Waals surface area contributed by atoms with E-state index in [1.54, 1.807) is 0 Å². The fourth-order valence-corrected chi connectivity index (χ4v) is 2.27. The van der Waals surface area contributed by atoms with E-state index in [4.69, 9.17) is 0 Å². The number of hydrogen-bond acceptors (Lipinski definition) is 2. The average Bonchev–Trinajstić information content (AvgIpc) is 2.35. The van der Waals surface area contributed by atoms with Crippen LogP contribution in [0.2, 0.25) is 0 Å². The third-order valence-electron chi connectivity index (χ3n) is 3.18. The largest absolute Gasteiger partial charge is 0.335 e. The van der Waals surface area contributed by atoms with Gasteiger partial charge in [-0.15, -0.1) is 0 Å². The van der Waals surface area contributed by atoms with Crippen molar-refractivity contribution in [2.75, 3.05) is 33.2 Å². The molecule has 1 aromatic rings. The molecular weight excluding hydrogens is 294 g/mol. The summed E-state index contributed by atoms with van der Waals surface area (Å²) < 4.78 is 1.04. The number of piperazine rings is 1. The molecule has 1 aliphatic rings. The number of carbonyl (C=O) groups is 1. The van der Waals surface area contributed by atoms with Crippen molar-refractivity contribution in [2.45, 2.75) is 6.42 Å². The third kappa shape index (κ3) is 4.08. The molecule has 18 heavy (non-hydrogen) atoms. The summed E-state index contributed by atoms with van der Waals surface area (Å²) in [5, 5.41) is 2.02. The fraction of sp³-hybridized carbons (Fsp3) is 0.462. The summed E-state index contributed by atoms with van der Waals surface area (Å²) in [6.07, 6.45) is 0.437. The number of likely N-dealkylation sites (N-methyl/N-ethyl adjacent to an activating group) is 1. The van der Waals surface area contributed by atoms with Gasteiger partial charge in [0.05, 0.1) is 39.6 Å². The molecule has 1 fully saturated rings. The molecule has 0 aliphatic carbocycles. The van der Waals surface area contributed by atoms with E-state index in [1.807, 2.05) is 29.3 Å². The van der Waals surface area contributed by atoms with Gasteiger partial charge >= 0.3 is 0 Å². The van der Waals surface area contributed by atoms with Crippen molar-refractivity contribution in [2.24, 2.45) is 0 Å². The highest BCUT2D eigenvalue weighted by Crippen LogP contribution is 2.10. The molecule has 0 bridgehead atoms. The summed E-state index contributed by atoms with van der Waals surface area (Å²) in [6, 6.07) is 7.86. The zero-order valence-electron chi connectivity index (χ0n) is 10.6. The second kappa shape index (κ2) is 6.31. The van der Waals surface area contributed by atoms with Crippen LogP contribution in [0.3, 0.4) is 0 Å². The molecule has 1 amide bonds. The van der Waals surface area contributed by atoms with Crippen molar-refractivity contribution in [1.82, 2.24) is 10.4 Å². The SMILES string of the molecule is C[NH+]1CCN(NC(=O)Cc2ccc(Br)cc2)CC1. The zero-order valence-corrected chi connectivity index (χ0v) is 12.2. The maximum absolute atomic E-state index is 11.9. The maximum Gasteiger partial charge on any atom is 0.238 e. The molecule has 4 nitrogen and oxygen atoms in total. The van der Waals surface area contributed by atoms with E-state index in [0.717, 1.165) is 36.2 Å². The number of nitrogens with one attached hydrogen (secondary N) is 2. The van der Waals surface area contributed by atoms with Gasteiger partial charge in [-0.1, -0.05) is 28.1 Å². The van der Waals surface area contributed by atoms with Crippen LogP contribution < -0.4 is 10.3 Å². The fourth-order valence-electron chi connectivity index (χ4n) is 2.00. The van der Waals surface area contributed by atoms with Gasteiger partial charge in [0.2, 0.25) is 5.91 Å². The molecule has 1 aliphatic heterocycles. The Kier molecular flexibility index (Phi) is 4.74. The monoisotopic (exact) mass is 312 g/mol. The van der Waals surface area contributed by atoms with Gasteiger partial charge in [0.1, 0.15) is 0 Å². The number of rotatable bonds is 3. The van der Waals surface area contributed by atoms with E-state index < -0.39 is 0 Å². The summed E-state index contributed by atoms with van der Waals surface area (Å²) in [5.41, 5.74) is 4.01. The quantitative estimate of drug-likeness (QED) is 0.815. The molecule has 0 aromatic heterocycles. The van der Waals surface area contributed by atoms with Crippen molar-refractivity contribution in [1.29, 1.82) is 0 Å². The van der Waals surface area contributed by atoms with Gasteiger partial charge in [-0.05, 0) is 17.7 Å². The van der Waals surface area contributed by atoms with Crippen LogP contribution in [-0.2, 0) is 11.2 Å². The lowest BCUT2D eigenvalue weighted by Crippen LogP contribution is -3.12. The van der Waals surface area contributed by atoms with E-state index in [2.05, 4.69) is 28.4 Å². The highest BCUT2D eigenvalue weighted by atomic mass is 79.9. The molecule has 5 heteroatoms. The van der Waals surface area contributed by atoms with Crippen molar-refractivity contribution in [3.63, 3.8) is 0 Å². The number of hydrazine groups is 1. The number of benzene rings is 1. The van der Waals surface area contributed by atoms with Crippen LogP contribution >= 0.6 is 15.9 Å². The number of carbonyl (C=O) groups excluding carboxylic acids is 1. The number of amides is 1. The molecule has 2 N–H and O–H groups in total. The Morgan fingerprint density at radius 3 is 2.56 bits per heavy atom. The van der Waals surface area contributed by atoms with Crippen molar-refractivity contribution >= 4 is 21.8 Å². The minimum atomic E-state index is 0.0666. The Hall–Kier alpha value is -0.910. The summed E-state index contributed by atoms with van der Waals surface area (Å²) in [4.78, 5) is 13.4. The molecule has 2 rings (SSSR count). The third-order valence-corrected chi connectivity index (χ3v) is 3.71. The maximum atomic E-state index is 11.9. The first-order valence-electron chi connectivity index (χ1n) is 6.23. The van der Waals surface area contributed by atoms with Gasteiger partial charge in [0.25, 0.3) is 0 Å². The van der Waals surface area contributed by atoms with Crippen LogP contribution in [0.4, 0.5) is 0 Å². The van der Waals surface area contributed by atoms with Crippen molar-refractivity contribution in [3.05, 3.63) is 34.3 Å². The molecule has 98 valence electrons. The number of hydrogen-bond donors (Lipinski definition) is 2. The lowest BCUT2D eigenvalue weighted by Gasteiger charge is -2.30. The summed E-state index contributed by atoms with van der Waals surface area (Å²) >= 11 is 3.39. The molecule has 0 spiro atoms. The molecule has 0 atom stereocenters. The van der Waals surface area contributed by atoms with E-state index >= 15 is 0 Å². The van der Waals surface area contributed by atoms with E-state index in [9.17, 15) is 4.79 Å². The number of quaternary nitrogens is 1. The predicted octanol–water partition coefficient (Wildman–Crippen LogP) is -0.147. The van der Waals surface area contributed by atoms with E-state index in [1.165, 1.54) is 4.90 Å². The molecule has 0 unspecified atom stereocenters. The predicted molar refractivity (Wildman–Crippen MR) is 74.2 cm³/mol. The first kappa shape index (κ1) is 13.5. The van der Waals surface area contributed by atoms with Crippen LogP contribution in [0.5, 0.6) is 0 Å². The number of halogens is 1.